The Labute approximate surface area is 124 Å². The smallest absolute Gasteiger partial charge is 0.321 e. The molecule has 0 amide bonds. The molecule has 0 radical (unpaired) electrons. The van der Waals surface area contributed by atoms with Crippen LogP contribution < -0.4 is 5.32 Å². The number of aromatic amines is 1. The van der Waals surface area contributed by atoms with Gasteiger partial charge in [0.15, 0.2) is 0 Å². The maximum Gasteiger partial charge on any atom is 0.321 e. The van der Waals surface area contributed by atoms with Gasteiger partial charge in [-0.3, -0.25) is 4.79 Å². The van der Waals surface area contributed by atoms with Crippen molar-refractivity contribution in [3.05, 3.63) is 34.5 Å². The Hall–Kier alpha value is -1.81. The second-order valence-electron chi connectivity index (χ2n) is 5.90. The number of carboxylic acids is 1. The predicted molar refractivity (Wildman–Crippen MR) is 83.9 cm³/mol. The molecular formula is C17H22N2O2. The highest BCUT2D eigenvalue weighted by Crippen LogP contribution is 2.31. The van der Waals surface area contributed by atoms with Crippen molar-refractivity contribution in [1.82, 2.24) is 10.3 Å². The highest BCUT2D eigenvalue weighted by atomic mass is 16.4. The largest absolute Gasteiger partial charge is 0.480 e. The van der Waals surface area contributed by atoms with Crippen molar-refractivity contribution in [2.24, 2.45) is 0 Å². The zero-order valence-corrected chi connectivity index (χ0v) is 12.6. The van der Waals surface area contributed by atoms with Crippen LogP contribution in [-0.4, -0.2) is 28.6 Å². The quantitative estimate of drug-likeness (QED) is 0.791. The van der Waals surface area contributed by atoms with Gasteiger partial charge >= 0.3 is 5.97 Å². The number of aromatic nitrogens is 1. The van der Waals surface area contributed by atoms with Crippen LogP contribution in [0.4, 0.5) is 0 Å². The predicted octanol–water partition coefficient (Wildman–Crippen LogP) is 2.57. The fourth-order valence-corrected chi connectivity index (χ4v) is 3.42. The van der Waals surface area contributed by atoms with E-state index < -0.39 is 12.0 Å². The number of nitrogens with one attached hydrogen (secondary N) is 2. The summed E-state index contributed by atoms with van der Waals surface area (Å²) in [7, 11) is 0. The van der Waals surface area contributed by atoms with Crippen molar-refractivity contribution in [1.29, 1.82) is 0 Å². The molecule has 1 aromatic heterocycles. The van der Waals surface area contributed by atoms with Crippen molar-refractivity contribution in [2.75, 3.05) is 6.54 Å². The first-order valence-corrected chi connectivity index (χ1v) is 7.69. The molecule has 1 aliphatic rings. The van der Waals surface area contributed by atoms with Gasteiger partial charge in [-0.25, -0.2) is 0 Å². The zero-order valence-electron chi connectivity index (χ0n) is 12.6. The molecule has 3 rings (SSSR count). The van der Waals surface area contributed by atoms with Gasteiger partial charge in [-0.2, -0.15) is 0 Å². The number of fused-ring (bicyclic) bond motifs is 2. The zero-order chi connectivity index (χ0) is 15.0. The number of H-pyrrole nitrogens is 1. The van der Waals surface area contributed by atoms with Gasteiger partial charge in [0.05, 0.1) is 0 Å². The van der Waals surface area contributed by atoms with Crippen LogP contribution in [0.15, 0.2) is 12.1 Å². The van der Waals surface area contributed by atoms with Crippen LogP contribution in [0.25, 0.3) is 10.9 Å². The minimum atomic E-state index is -0.785. The molecular weight excluding hydrogens is 264 g/mol. The lowest BCUT2D eigenvalue weighted by molar-refractivity contribution is -0.139. The third kappa shape index (κ3) is 2.56. The molecule has 1 atom stereocenters. The molecule has 1 unspecified atom stereocenters. The lowest BCUT2D eigenvalue weighted by atomic mass is 9.99. The van der Waals surface area contributed by atoms with Crippen molar-refractivity contribution in [3.63, 3.8) is 0 Å². The Morgan fingerprint density at radius 3 is 2.76 bits per heavy atom. The molecule has 112 valence electrons. The summed E-state index contributed by atoms with van der Waals surface area (Å²) < 4.78 is 0. The minimum Gasteiger partial charge on any atom is -0.480 e. The second kappa shape index (κ2) is 5.53. The van der Waals surface area contributed by atoms with Crippen LogP contribution >= 0.6 is 0 Å². The summed E-state index contributed by atoms with van der Waals surface area (Å²) in [5.74, 6) is -0.785. The summed E-state index contributed by atoms with van der Waals surface area (Å²) >= 11 is 0. The molecule has 21 heavy (non-hydrogen) atoms. The fraction of sp³-hybridized carbons (Fsp3) is 0.471. The van der Waals surface area contributed by atoms with E-state index in [0.29, 0.717) is 13.0 Å². The highest BCUT2D eigenvalue weighted by Gasteiger charge is 2.21. The van der Waals surface area contributed by atoms with E-state index in [9.17, 15) is 9.90 Å². The van der Waals surface area contributed by atoms with Gasteiger partial charge in [0.25, 0.3) is 0 Å². The standard InChI is InChI=1S/C17H22N2O2/c1-3-18-16(17(20)21)9-13-10(2)19-15-8-12-6-4-5-11(12)7-14(13)15/h7-8,16,18-19H,3-6,9H2,1-2H3,(H,20,21). The van der Waals surface area contributed by atoms with E-state index in [2.05, 4.69) is 22.4 Å². The van der Waals surface area contributed by atoms with E-state index >= 15 is 0 Å². The molecule has 1 aromatic carbocycles. The average Bonchev–Trinajstić information content (AvgIpc) is 3.00. The van der Waals surface area contributed by atoms with Gasteiger partial charge < -0.3 is 15.4 Å². The molecule has 2 aromatic rings. The SMILES string of the molecule is CCNC(Cc1c(C)[nH]c2cc3c(cc12)CCC3)C(=O)O. The van der Waals surface area contributed by atoms with Crippen molar-refractivity contribution in [3.8, 4) is 0 Å². The van der Waals surface area contributed by atoms with Gasteiger partial charge in [0, 0.05) is 23.0 Å². The van der Waals surface area contributed by atoms with Crippen LogP contribution in [0.3, 0.4) is 0 Å². The van der Waals surface area contributed by atoms with Crippen LogP contribution in [0.5, 0.6) is 0 Å². The molecule has 1 heterocycles. The molecule has 0 aliphatic heterocycles. The molecule has 0 fully saturated rings. The van der Waals surface area contributed by atoms with Gasteiger partial charge in [-0.1, -0.05) is 6.92 Å². The number of hydrogen-bond donors (Lipinski definition) is 3. The number of carbonyl (C=O) groups is 1. The molecule has 1 aliphatic carbocycles. The van der Waals surface area contributed by atoms with E-state index in [1.807, 2.05) is 13.8 Å². The number of aryl methyl sites for hydroxylation is 3. The number of aliphatic carboxylic acids is 1. The van der Waals surface area contributed by atoms with Crippen LogP contribution in [-0.2, 0) is 24.1 Å². The summed E-state index contributed by atoms with van der Waals surface area (Å²) in [6, 6.07) is 3.99. The van der Waals surface area contributed by atoms with Crippen molar-refractivity contribution in [2.45, 2.75) is 45.6 Å². The van der Waals surface area contributed by atoms with Gasteiger partial charge in [0.1, 0.15) is 6.04 Å². The summed E-state index contributed by atoms with van der Waals surface area (Å²) in [6.45, 7) is 4.63. The van der Waals surface area contributed by atoms with E-state index in [-0.39, 0.29) is 0 Å². The first-order valence-electron chi connectivity index (χ1n) is 7.69. The maximum atomic E-state index is 11.4. The molecule has 0 spiro atoms. The van der Waals surface area contributed by atoms with Crippen LogP contribution in [0, 0.1) is 6.92 Å². The molecule has 4 nitrogen and oxygen atoms in total. The monoisotopic (exact) mass is 286 g/mol. The van der Waals surface area contributed by atoms with Gasteiger partial charge in [-0.05, 0) is 61.6 Å². The normalized spacial score (nSPS) is 15.3. The van der Waals surface area contributed by atoms with Gasteiger partial charge in [-0.15, -0.1) is 0 Å². The summed E-state index contributed by atoms with van der Waals surface area (Å²) in [5.41, 5.74) is 6.23. The molecule has 0 saturated carbocycles. The Morgan fingerprint density at radius 2 is 2.10 bits per heavy atom. The van der Waals surface area contributed by atoms with E-state index in [4.69, 9.17) is 0 Å². The topological polar surface area (TPSA) is 65.1 Å². The second-order valence-corrected chi connectivity index (χ2v) is 5.90. The number of rotatable bonds is 5. The van der Waals surface area contributed by atoms with Crippen LogP contribution in [0.2, 0.25) is 0 Å². The number of hydrogen-bond acceptors (Lipinski definition) is 2. The Morgan fingerprint density at radius 1 is 1.38 bits per heavy atom. The van der Waals surface area contributed by atoms with E-state index in [1.165, 1.54) is 22.9 Å². The first-order chi connectivity index (χ1) is 10.1. The van der Waals surface area contributed by atoms with Crippen LogP contribution in [0.1, 0.15) is 35.7 Å². The summed E-state index contributed by atoms with van der Waals surface area (Å²) in [5, 5.41) is 13.6. The maximum absolute atomic E-state index is 11.4. The lowest BCUT2D eigenvalue weighted by Gasteiger charge is -2.13. The number of likely N-dealkylation sites (N-methyl/N-ethyl adjacent to an activating group) is 1. The molecule has 0 saturated heterocycles. The molecule has 3 N–H and O–H groups in total. The highest BCUT2D eigenvalue weighted by molar-refractivity contribution is 5.87. The lowest BCUT2D eigenvalue weighted by Crippen LogP contribution is -2.38. The Kier molecular flexibility index (Phi) is 3.72. The number of benzene rings is 1. The summed E-state index contributed by atoms with van der Waals surface area (Å²) in [6.07, 6.45) is 4.05. The minimum absolute atomic E-state index is 0.522. The fourth-order valence-electron chi connectivity index (χ4n) is 3.42. The third-order valence-electron chi connectivity index (χ3n) is 4.49. The first kappa shape index (κ1) is 14.1. The molecule has 0 bridgehead atoms. The van der Waals surface area contributed by atoms with E-state index in [0.717, 1.165) is 29.6 Å². The van der Waals surface area contributed by atoms with E-state index in [1.54, 1.807) is 0 Å². The Balaban J connectivity index is 2.01. The van der Waals surface area contributed by atoms with Crippen molar-refractivity contribution < 1.29 is 9.90 Å². The summed E-state index contributed by atoms with van der Waals surface area (Å²) in [4.78, 5) is 14.8. The Bertz CT molecular complexity index is 688. The average molecular weight is 286 g/mol. The van der Waals surface area contributed by atoms with Gasteiger partial charge in [0.2, 0.25) is 0 Å². The number of carboxylic acid groups (broad SMARTS) is 1. The molecule has 4 heteroatoms. The van der Waals surface area contributed by atoms with Crippen molar-refractivity contribution >= 4 is 16.9 Å². The third-order valence-corrected chi connectivity index (χ3v) is 4.49.